The number of hydrogen-bond donors (Lipinski definition) is 0. The molecule has 0 atom stereocenters. The van der Waals surface area contributed by atoms with Crippen molar-refractivity contribution >= 4 is 19.2 Å². The summed E-state index contributed by atoms with van der Waals surface area (Å²) in [5.41, 5.74) is 0.571. The van der Waals surface area contributed by atoms with Crippen molar-refractivity contribution in [3.05, 3.63) is 24.3 Å². The van der Waals surface area contributed by atoms with E-state index < -0.39 is 8.11 Å². The van der Waals surface area contributed by atoms with E-state index >= 15 is 0 Å². The van der Waals surface area contributed by atoms with E-state index in [9.17, 15) is 0 Å². The number of allylic oxidation sites excluding steroid dienone is 4. The molecule has 1 radical (unpaired) electrons. The molecular weight excluding hydrogens is 136 g/mol. The molecule has 0 heterocycles. The zero-order chi connectivity index (χ0) is 5.98. The highest BCUT2D eigenvalue weighted by Gasteiger charge is 2.11. The van der Waals surface area contributed by atoms with Crippen LogP contribution in [0.4, 0.5) is 0 Å². The van der Waals surface area contributed by atoms with Crippen LogP contribution in [0.1, 0.15) is 0 Å². The molecule has 0 aromatic carbocycles. The predicted molar refractivity (Wildman–Crippen MR) is 39.5 cm³/mol. The fourth-order valence-corrected chi connectivity index (χ4v) is 1.89. The lowest BCUT2D eigenvalue weighted by Gasteiger charge is -2.01. The first-order valence-corrected chi connectivity index (χ1v) is 5.73. The smallest absolute Gasteiger partial charge is 0.168 e. The molecule has 0 spiro atoms. The Kier molecular flexibility index (Phi) is 1.92. The van der Waals surface area contributed by atoms with Crippen LogP contribution < -0.4 is 0 Å². The standard InChI is InChI=1S/C6H8ClSi/c1-8(7)6-4-2-3-5-6/h2-6H,1H3. The van der Waals surface area contributed by atoms with E-state index in [-0.39, 0.29) is 0 Å². The maximum absolute atomic E-state index is 5.88. The molecule has 0 saturated carbocycles. The van der Waals surface area contributed by atoms with Gasteiger partial charge >= 0.3 is 0 Å². The fourth-order valence-electron chi connectivity index (χ4n) is 0.697. The average molecular weight is 144 g/mol. The Balaban J connectivity index is 2.49. The average Bonchev–Trinajstić information content (AvgIpc) is 2.12. The van der Waals surface area contributed by atoms with E-state index in [1.165, 1.54) is 0 Å². The predicted octanol–water partition coefficient (Wildman–Crippen LogP) is 2.34. The monoisotopic (exact) mass is 143 g/mol. The minimum absolute atomic E-state index is 0.571. The molecule has 1 rings (SSSR count). The molecule has 0 aromatic rings. The molecule has 0 N–H and O–H groups in total. The van der Waals surface area contributed by atoms with Gasteiger partial charge in [0.2, 0.25) is 0 Å². The van der Waals surface area contributed by atoms with E-state index in [1.54, 1.807) is 0 Å². The van der Waals surface area contributed by atoms with Crippen molar-refractivity contribution in [1.82, 2.24) is 0 Å². The summed E-state index contributed by atoms with van der Waals surface area (Å²) in [5, 5.41) is 0. The number of halogens is 1. The third-order valence-corrected chi connectivity index (χ3v) is 3.27. The summed E-state index contributed by atoms with van der Waals surface area (Å²) in [7, 11) is -0.614. The zero-order valence-electron chi connectivity index (χ0n) is 4.76. The van der Waals surface area contributed by atoms with E-state index in [1.807, 2.05) is 0 Å². The largest absolute Gasteiger partial charge is 0.173 e. The zero-order valence-corrected chi connectivity index (χ0v) is 6.52. The molecular formula is C6H8ClSi. The van der Waals surface area contributed by atoms with E-state index in [0.717, 1.165) is 0 Å². The van der Waals surface area contributed by atoms with Crippen LogP contribution in [0.3, 0.4) is 0 Å². The first kappa shape index (κ1) is 6.11. The van der Waals surface area contributed by atoms with Crippen LogP contribution in [0.2, 0.25) is 12.1 Å². The molecule has 2 heteroatoms. The van der Waals surface area contributed by atoms with Gasteiger partial charge in [0.1, 0.15) is 0 Å². The maximum atomic E-state index is 5.88. The molecule has 0 unspecified atom stereocenters. The van der Waals surface area contributed by atoms with Gasteiger partial charge in [0.05, 0.1) is 0 Å². The van der Waals surface area contributed by atoms with Gasteiger partial charge in [0, 0.05) is 5.54 Å². The first-order chi connectivity index (χ1) is 3.80. The van der Waals surface area contributed by atoms with Gasteiger partial charge < -0.3 is 0 Å². The van der Waals surface area contributed by atoms with Gasteiger partial charge in [0.25, 0.3) is 0 Å². The second kappa shape index (κ2) is 2.51. The van der Waals surface area contributed by atoms with Crippen molar-refractivity contribution in [2.75, 3.05) is 0 Å². The lowest BCUT2D eigenvalue weighted by molar-refractivity contribution is 1.38. The quantitative estimate of drug-likeness (QED) is 0.391. The minimum Gasteiger partial charge on any atom is -0.168 e. The lowest BCUT2D eigenvalue weighted by Crippen LogP contribution is -2.01. The van der Waals surface area contributed by atoms with Gasteiger partial charge in [-0.2, -0.15) is 11.1 Å². The van der Waals surface area contributed by atoms with Crippen molar-refractivity contribution in [1.29, 1.82) is 0 Å². The van der Waals surface area contributed by atoms with Crippen LogP contribution in [-0.4, -0.2) is 8.11 Å². The summed E-state index contributed by atoms with van der Waals surface area (Å²) >= 11 is 5.88. The molecule has 0 saturated heterocycles. The van der Waals surface area contributed by atoms with Crippen LogP contribution in [0, 0.1) is 0 Å². The molecule has 1 aliphatic carbocycles. The van der Waals surface area contributed by atoms with Crippen LogP contribution >= 0.6 is 11.1 Å². The molecule has 0 aromatic heterocycles. The molecule has 1 aliphatic rings. The third-order valence-electron chi connectivity index (χ3n) is 1.21. The Morgan fingerprint density at radius 2 is 1.88 bits per heavy atom. The minimum atomic E-state index is -0.614. The van der Waals surface area contributed by atoms with E-state index in [2.05, 4.69) is 30.9 Å². The summed E-state index contributed by atoms with van der Waals surface area (Å²) in [4.78, 5) is 0. The number of hydrogen-bond acceptors (Lipinski definition) is 0. The number of rotatable bonds is 1. The highest BCUT2D eigenvalue weighted by atomic mass is 35.6. The Morgan fingerprint density at radius 3 is 2.12 bits per heavy atom. The fraction of sp³-hybridized carbons (Fsp3) is 0.333. The molecule has 8 heavy (non-hydrogen) atoms. The Morgan fingerprint density at radius 1 is 1.38 bits per heavy atom. The van der Waals surface area contributed by atoms with Crippen molar-refractivity contribution in [3.63, 3.8) is 0 Å². The van der Waals surface area contributed by atoms with Gasteiger partial charge in [-0.3, -0.25) is 0 Å². The Labute approximate surface area is 56.2 Å². The highest BCUT2D eigenvalue weighted by molar-refractivity contribution is 7.07. The lowest BCUT2D eigenvalue weighted by atomic mass is 10.5. The van der Waals surface area contributed by atoms with Crippen molar-refractivity contribution in [2.45, 2.75) is 12.1 Å². The van der Waals surface area contributed by atoms with Gasteiger partial charge in [-0.05, 0) is 0 Å². The SMILES string of the molecule is C[Si](Cl)C1C=CC=C1. The van der Waals surface area contributed by atoms with Crippen molar-refractivity contribution in [3.8, 4) is 0 Å². The molecule has 0 amide bonds. The Bertz CT molecular complexity index is 114. The summed E-state index contributed by atoms with van der Waals surface area (Å²) in [6, 6.07) is 0. The normalized spacial score (nSPS) is 18.9. The van der Waals surface area contributed by atoms with Crippen molar-refractivity contribution in [2.24, 2.45) is 0 Å². The molecule has 43 valence electrons. The van der Waals surface area contributed by atoms with Gasteiger partial charge in [-0.1, -0.05) is 30.9 Å². The topological polar surface area (TPSA) is 0 Å². The second-order valence-electron chi connectivity index (χ2n) is 1.88. The second-order valence-corrected chi connectivity index (χ2v) is 5.51. The maximum Gasteiger partial charge on any atom is 0.173 e. The summed E-state index contributed by atoms with van der Waals surface area (Å²) in [5.74, 6) is 0. The molecule has 0 nitrogen and oxygen atoms in total. The van der Waals surface area contributed by atoms with Gasteiger partial charge in [-0.25, -0.2) is 0 Å². The highest BCUT2D eigenvalue weighted by Crippen LogP contribution is 2.20. The van der Waals surface area contributed by atoms with E-state index in [0.29, 0.717) is 5.54 Å². The van der Waals surface area contributed by atoms with Gasteiger partial charge in [0.15, 0.2) is 8.11 Å². The van der Waals surface area contributed by atoms with Crippen LogP contribution in [0.5, 0.6) is 0 Å². The van der Waals surface area contributed by atoms with E-state index in [4.69, 9.17) is 11.1 Å². The third kappa shape index (κ3) is 1.23. The van der Waals surface area contributed by atoms with Crippen molar-refractivity contribution < 1.29 is 0 Å². The Hall–Kier alpha value is -0.0131. The molecule has 0 fully saturated rings. The molecule has 0 bridgehead atoms. The summed E-state index contributed by atoms with van der Waals surface area (Å²) in [6.45, 7) is 2.11. The summed E-state index contributed by atoms with van der Waals surface area (Å²) < 4.78 is 0. The van der Waals surface area contributed by atoms with Crippen LogP contribution in [-0.2, 0) is 0 Å². The summed E-state index contributed by atoms with van der Waals surface area (Å²) in [6.07, 6.45) is 8.42. The first-order valence-electron chi connectivity index (χ1n) is 2.64. The van der Waals surface area contributed by atoms with Crippen LogP contribution in [0.15, 0.2) is 24.3 Å². The van der Waals surface area contributed by atoms with Crippen LogP contribution in [0.25, 0.3) is 0 Å². The molecule has 0 aliphatic heterocycles. The van der Waals surface area contributed by atoms with Gasteiger partial charge in [-0.15, -0.1) is 0 Å².